The van der Waals surface area contributed by atoms with Gasteiger partial charge in [-0.3, -0.25) is 5.41 Å². The van der Waals surface area contributed by atoms with Gasteiger partial charge in [0.05, 0.1) is 5.84 Å². The van der Waals surface area contributed by atoms with Crippen LogP contribution < -0.4 is 0 Å². The molecule has 0 saturated carbocycles. The topological polar surface area (TPSA) is 30.3 Å². The number of amidine groups is 1. The van der Waals surface area contributed by atoms with Crippen molar-refractivity contribution < 1.29 is 0 Å². The van der Waals surface area contributed by atoms with Crippen LogP contribution in [0.1, 0.15) is 44.9 Å². The van der Waals surface area contributed by atoms with E-state index in [1.807, 2.05) is 0 Å². The smallest absolute Gasteiger partial charge is 0.0990 e. The summed E-state index contributed by atoms with van der Waals surface area (Å²) in [6.45, 7) is 2.28. The predicted molar refractivity (Wildman–Crippen MR) is 70.4 cm³/mol. The number of hydrogen-bond acceptors (Lipinski definition) is 2. The van der Waals surface area contributed by atoms with Gasteiger partial charge in [0.25, 0.3) is 0 Å². The molecule has 3 heteroatoms. The largest absolute Gasteiger partial charge is 0.360 e. The Morgan fingerprint density at radius 3 is 2.18 bits per heavy atom. The monoisotopic (exact) mass is 235 g/mol. The zero-order chi connectivity index (χ0) is 11.8. The highest BCUT2D eigenvalue weighted by Crippen LogP contribution is 2.38. The number of likely N-dealkylation sites (tertiary alicyclic amines) is 1. The number of nitrogens with one attached hydrogen (secondary N) is 1. The molecule has 0 aromatic rings. The summed E-state index contributed by atoms with van der Waals surface area (Å²) in [5, 5.41) is 8.46. The van der Waals surface area contributed by atoms with Gasteiger partial charge in [0, 0.05) is 31.1 Å². The Labute approximate surface area is 105 Å². The highest BCUT2D eigenvalue weighted by atomic mass is 15.2. The first-order chi connectivity index (χ1) is 8.25. The Hall–Kier alpha value is -0.570. The fourth-order valence-electron chi connectivity index (χ4n) is 4.03. The molecule has 2 atom stereocenters. The molecule has 0 aromatic heterocycles. The van der Waals surface area contributed by atoms with E-state index in [0.717, 1.165) is 31.0 Å². The van der Waals surface area contributed by atoms with Crippen LogP contribution in [0.25, 0.3) is 0 Å². The highest BCUT2D eigenvalue weighted by Gasteiger charge is 2.40. The average Bonchev–Trinajstić information content (AvgIpc) is 2.61. The summed E-state index contributed by atoms with van der Waals surface area (Å²) in [5.74, 6) is 1.52. The first-order valence-electron chi connectivity index (χ1n) is 7.31. The molecule has 3 aliphatic rings. The summed E-state index contributed by atoms with van der Waals surface area (Å²) in [7, 11) is 2.28. The second-order valence-electron chi connectivity index (χ2n) is 6.15. The van der Waals surface area contributed by atoms with Crippen LogP contribution in [0.5, 0.6) is 0 Å². The van der Waals surface area contributed by atoms with Crippen LogP contribution in [0.2, 0.25) is 0 Å². The third-order valence-electron chi connectivity index (χ3n) is 5.18. The molecule has 3 saturated heterocycles. The second-order valence-corrected chi connectivity index (χ2v) is 6.15. The number of hydrogen-bond donors (Lipinski definition) is 1. The fraction of sp³-hybridized carbons (Fsp3) is 0.929. The summed E-state index contributed by atoms with van der Waals surface area (Å²) in [5.41, 5.74) is 0. The van der Waals surface area contributed by atoms with Crippen molar-refractivity contribution in [2.24, 2.45) is 5.92 Å². The SMILES string of the molecule is CN1C2CCC1CC(C(=N)N1CCCCC1)C2. The molecule has 3 rings (SSSR count). The number of nitrogens with zero attached hydrogens (tertiary/aromatic N) is 2. The minimum Gasteiger partial charge on any atom is -0.360 e. The van der Waals surface area contributed by atoms with E-state index in [1.165, 1.54) is 44.9 Å². The van der Waals surface area contributed by atoms with E-state index in [2.05, 4.69) is 16.8 Å². The van der Waals surface area contributed by atoms with Gasteiger partial charge in [-0.15, -0.1) is 0 Å². The Morgan fingerprint density at radius 1 is 1.00 bits per heavy atom. The lowest BCUT2D eigenvalue weighted by Gasteiger charge is -2.40. The lowest BCUT2D eigenvalue weighted by molar-refractivity contribution is 0.150. The summed E-state index contributed by atoms with van der Waals surface area (Å²) in [6.07, 6.45) is 9.16. The van der Waals surface area contributed by atoms with Crippen molar-refractivity contribution in [3.63, 3.8) is 0 Å². The summed E-state index contributed by atoms with van der Waals surface area (Å²) < 4.78 is 0. The van der Waals surface area contributed by atoms with Crippen LogP contribution in [0.15, 0.2) is 0 Å². The zero-order valence-corrected chi connectivity index (χ0v) is 11.0. The van der Waals surface area contributed by atoms with Gasteiger partial charge in [-0.25, -0.2) is 0 Å². The molecule has 2 unspecified atom stereocenters. The number of rotatable bonds is 1. The van der Waals surface area contributed by atoms with Gasteiger partial charge in [-0.05, 0) is 52.0 Å². The molecular weight excluding hydrogens is 210 g/mol. The molecule has 0 radical (unpaired) electrons. The van der Waals surface area contributed by atoms with E-state index in [4.69, 9.17) is 5.41 Å². The van der Waals surface area contributed by atoms with Crippen LogP contribution in [-0.2, 0) is 0 Å². The van der Waals surface area contributed by atoms with Crippen LogP contribution >= 0.6 is 0 Å². The van der Waals surface area contributed by atoms with Crippen LogP contribution in [0, 0.1) is 11.3 Å². The first-order valence-corrected chi connectivity index (χ1v) is 7.31. The van der Waals surface area contributed by atoms with Gasteiger partial charge in [0.2, 0.25) is 0 Å². The molecular formula is C14H25N3. The standard InChI is InChI=1S/C14H25N3/c1-16-12-5-6-13(16)10-11(9-12)14(15)17-7-3-2-4-8-17/h11-13,15H,2-10H2,1H3. The second kappa shape index (κ2) is 4.60. The van der Waals surface area contributed by atoms with E-state index >= 15 is 0 Å². The molecule has 0 aliphatic carbocycles. The number of fused-ring (bicyclic) bond motifs is 2. The summed E-state index contributed by atoms with van der Waals surface area (Å²) in [4.78, 5) is 4.93. The Balaban J connectivity index is 1.63. The van der Waals surface area contributed by atoms with E-state index in [1.54, 1.807) is 0 Å². The maximum atomic E-state index is 8.46. The van der Waals surface area contributed by atoms with Crippen molar-refractivity contribution in [1.82, 2.24) is 9.80 Å². The van der Waals surface area contributed by atoms with Gasteiger partial charge in [-0.2, -0.15) is 0 Å². The van der Waals surface area contributed by atoms with E-state index in [9.17, 15) is 0 Å². The molecule has 2 bridgehead atoms. The van der Waals surface area contributed by atoms with Crippen molar-refractivity contribution in [3.8, 4) is 0 Å². The number of piperidine rings is 2. The van der Waals surface area contributed by atoms with Gasteiger partial charge in [0.1, 0.15) is 0 Å². The molecule has 17 heavy (non-hydrogen) atoms. The minimum atomic E-state index is 0.557. The Morgan fingerprint density at radius 2 is 1.59 bits per heavy atom. The van der Waals surface area contributed by atoms with Gasteiger partial charge < -0.3 is 9.80 Å². The molecule has 96 valence electrons. The predicted octanol–water partition coefficient (Wildman–Crippen LogP) is 2.32. The van der Waals surface area contributed by atoms with Crippen molar-refractivity contribution >= 4 is 5.84 Å². The van der Waals surface area contributed by atoms with E-state index < -0.39 is 0 Å². The van der Waals surface area contributed by atoms with Gasteiger partial charge >= 0.3 is 0 Å². The molecule has 3 nitrogen and oxygen atoms in total. The molecule has 0 amide bonds. The maximum Gasteiger partial charge on any atom is 0.0990 e. The molecule has 0 spiro atoms. The molecule has 3 fully saturated rings. The molecule has 3 heterocycles. The van der Waals surface area contributed by atoms with Crippen LogP contribution in [-0.4, -0.2) is 47.9 Å². The maximum absolute atomic E-state index is 8.46. The van der Waals surface area contributed by atoms with E-state index in [-0.39, 0.29) is 0 Å². The molecule has 3 aliphatic heterocycles. The fourth-order valence-corrected chi connectivity index (χ4v) is 4.03. The van der Waals surface area contributed by atoms with Crippen molar-refractivity contribution in [2.45, 2.75) is 57.0 Å². The highest BCUT2D eigenvalue weighted by molar-refractivity contribution is 5.82. The first kappa shape index (κ1) is 11.5. The summed E-state index contributed by atoms with van der Waals surface area (Å²) >= 11 is 0. The summed E-state index contributed by atoms with van der Waals surface area (Å²) in [6, 6.07) is 1.53. The van der Waals surface area contributed by atoms with Crippen molar-refractivity contribution in [3.05, 3.63) is 0 Å². The third-order valence-corrected chi connectivity index (χ3v) is 5.18. The zero-order valence-electron chi connectivity index (χ0n) is 11.0. The van der Waals surface area contributed by atoms with Gasteiger partial charge in [-0.1, -0.05) is 0 Å². The van der Waals surface area contributed by atoms with Crippen molar-refractivity contribution in [1.29, 1.82) is 5.41 Å². The molecule has 1 N–H and O–H groups in total. The van der Waals surface area contributed by atoms with Gasteiger partial charge in [0.15, 0.2) is 0 Å². The Bertz CT molecular complexity index is 282. The lowest BCUT2D eigenvalue weighted by Crippen LogP contribution is -2.47. The van der Waals surface area contributed by atoms with Crippen molar-refractivity contribution in [2.75, 3.05) is 20.1 Å². The minimum absolute atomic E-state index is 0.557. The quantitative estimate of drug-likeness (QED) is 0.558. The third kappa shape index (κ3) is 2.10. The lowest BCUT2D eigenvalue weighted by atomic mass is 9.89. The van der Waals surface area contributed by atoms with E-state index in [0.29, 0.717) is 5.92 Å². The van der Waals surface area contributed by atoms with Crippen LogP contribution in [0.4, 0.5) is 0 Å². The average molecular weight is 235 g/mol. The normalized spacial score (nSPS) is 38.4. The van der Waals surface area contributed by atoms with Crippen LogP contribution in [0.3, 0.4) is 0 Å². The Kier molecular flexibility index (Phi) is 3.12. The molecule has 0 aromatic carbocycles.